The van der Waals surface area contributed by atoms with Gasteiger partial charge in [-0.1, -0.05) is 54.6 Å². The van der Waals surface area contributed by atoms with Crippen molar-refractivity contribution in [1.82, 2.24) is 14.9 Å². The molecule has 1 aliphatic rings. The zero-order valence-corrected chi connectivity index (χ0v) is 20.3. The molecule has 2 heterocycles. The minimum atomic E-state index is -0.842. The van der Waals surface area contributed by atoms with Crippen LogP contribution in [0.15, 0.2) is 72.8 Å². The molecule has 4 aromatic rings. The lowest BCUT2D eigenvalue weighted by Crippen LogP contribution is -2.48. The Morgan fingerprint density at radius 1 is 1.11 bits per heavy atom. The maximum absolute atomic E-state index is 13.4. The third kappa shape index (κ3) is 4.66. The van der Waals surface area contributed by atoms with Crippen LogP contribution in [0.1, 0.15) is 24.2 Å². The molecule has 5 rings (SSSR count). The summed E-state index contributed by atoms with van der Waals surface area (Å²) >= 11 is 0. The number of nitrogens with one attached hydrogen (secondary N) is 1. The van der Waals surface area contributed by atoms with E-state index in [4.69, 9.17) is 14.5 Å². The number of benzene rings is 3. The number of aryl methyl sites for hydroxylation is 1. The van der Waals surface area contributed by atoms with Crippen LogP contribution in [0.5, 0.6) is 5.75 Å². The number of carbonyl (C=O) groups is 1. The summed E-state index contributed by atoms with van der Waals surface area (Å²) in [4.78, 5) is 18.1. The highest BCUT2D eigenvalue weighted by atomic mass is 16.5. The number of nitrogens with zero attached hydrogens (tertiary/aromatic N) is 2. The Hall–Kier alpha value is -3.64. The molecule has 0 aliphatic carbocycles. The second-order valence-corrected chi connectivity index (χ2v) is 9.11. The number of aromatic nitrogens is 2. The fourth-order valence-electron chi connectivity index (χ4n) is 5.03. The molecule has 0 radical (unpaired) electrons. The van der Waals surface area contributed by atoms with E-state index < -0.39 is 5.60 Å². The summed E-state index contributed by atoms with van der Waals surface area (Å²) in [6.45, 7) is 1.12. The normalized spacial score (nSPS) is 17.5. The molecule has 0 spiro atoms. The Morgan fingerprint density at radius 2 is 1.94 bits per heavy atom. The molecule has 1 aliphatic heterocycles. The maximum Gasteiger partial charge on any atom is 0.252 e. The number of carbonyl (C=O) groups excluding carboxylic acids is 1. The Bertz CT molecular complexity index is 1340. The monoisotopic (exact) mass is 469 g/mol. The number of amides is 1. The molecular weight excluding hydrogens is 438 g/mol. The Balaban J connectivity index is 1.30. The Kier molecular flexibility index (Phi) is 6.55. The lowest BCUT2D eigenvalue weighted by atomic mass is 9.89. The molecule has 6 nitrogen and oxygen atoms in total. The van der Waals surface area contributed by atoms with E-state index in [1.807, 2.05) is 55.6 Å². The molecule has 3 aromatic carbocycles. The third-order valence-corrected chi connectivity index (χ3v) is 6.87. The first kappa shape index (κ1) is 23.1. The lowest BCUT2D eigenvalue weighted by molar-refractivity contribution is -0.141. The van der Waals surface area contributed by atoms with Gasteiger partial charge in [-0.3, -0.25) is 4.79 Å². The molecule has 6 heteroatoms. The van der Waals surface area contributed by atoms with Gasteiger partial charge in [0.1, 0.15) is 11.6 Å². The fraction of sp³-hybridized carbons (Fsp3) is 0.310. The number of rotatable bonds is 8. The second-order valence-electron chi connectivity index (χ2n) is 9.11. The molecule has 1 aromatic heterocycles. The van der Waals surface area contributed by atoms with E-state index in [2.05, 4.69) is 34.1 Å². The van der Waals surface area contributed by atoms with Gasteiger partial charge in [-0.2, -0.15) is 0 Å². The highest BCUT2D eigenvalue weighted by molar-refractivity contribution is 5.86. The van der Waals surface area contributed by atoms with Gasteiger partial charge < -0.3 is 19.4 Å². The highest BCUT2D eigenvalue weighted by Crippen LogP contribution is 2.33. The van der Waals surface area contributed by atoms with Crippen LogP contribution in [0.25, 0.3) is 22.2 Å². The van der Waals surface area contributed by atoms with Crippen LogP contribution >= 0.6 is 0 Å². The average molecular weight is 470 g/mol. The molecule has 35 heavy (non-hydrogen) atoms. The van der Waals surface area contributed by atoms with Crippen molar-refractivity contribution in [3.8, 4) is 16.9 Å². The lowest BCUT2D eigenvalue weighted by Gasteiger charge is -2.27. The number of ether oxygens (including phenoxy) is 2. The molecule has 0 saturated carbocycles. The summed E-state index contributed by atoms with van der Waals surface area (Å²) in [7, 11) is 3.70. The zero-order valence-electron chi connectivity index (χ0n) is 20.3. The van der Waals surface area contributed by atoms with Crippen molar-refractivity contribution in [3.63, 3.8) is 0 Å². The number of hydrogen-bond acceptors (Lipinski definition) is 4. The van der Waals surface area contributed by atoms with Gasteiger partial charge in [0.05, 0.1) is 18.1 Å². The first-order valence-electron chi connectivity index (χ1n) is 12.1. The van der Waals surface area contributed by atoms with Gasteiger partial charge in [-0.25, -0.2) is 4.98 Å². The molecule has 1 saturated heterocycles. The third-order valence-electron chi connectivity index (χ3n) is 6.87. The van der Waals surface area contributed by atoms with Crippen LogP contribution in [-0.4, -0.2) is 41.3 Å². The zero-order chi connectivity index (χ0) is 24.3. The van der Waals surface area contributed by atoms with Gasteiger partial charge in [0.2, 0.25) is 0 Å². The van der Waals surface area contributed by atoms with Crippen molar-refractivity contribution >= 4 is 16.9 Å². The standard InChI is InChI=1S/C29H31N3O3/c1-32-25-13-5-4-12-24(25)31-27(32)15-17-30-28(33)29(16-8-18-35-29)20-21-9-7-10-22(19-21)23-11-3-6-14-26(23)34-2/h3-7,9-14,19H,8,15-18,20H2,1-2H3,(H,30,33)/t29-/m1/s1. The van der Waals surface area contributed by atoms with Gasteiger partial charge in [0.25, 0.3) is 5.91 Å². The molecule has 1 amide bonds. The number of para-hydroxylation sites is 3. The molecule has 0 unspecified atom stereocenters. The van der Waals surface area contributed by atoms with Gasteiger partial charge in [0.15, 0.2) is 5.60 Å². The van der Waals surface area contributed by atoms with Crippen molar-refractivity contribution in [2.24, 2.45) is 7.05 Å². The Labute approximate surface area is 205 Å². The summed E-state index contributed by atoms with van der Waals surface area (Å²) in [5, 5.41) is 3.13. The van der Waals surface area contributed by atoms with Crippen LogP contribution in [0.3, 0.4) is 0 Å². The Morgan fingerprint density at radius 3 is 2.74 bits per heavy atom. The van der Waals surface area contributed by atoms with E-state index in [0.717, 1.165) is 45.7 Å². The predicted octanol–water partition coefficient (Wildman–Crippen LogP) is 4.70. The first-order valence-corrected chi connectivity index (χ1v) is 12.1. The summed E-state index contributed by atoms with van der Waals surface area (Å²) in [5.74, 6) is 1.74. The second kappa shape index (κ2) is 9.92. The average Bonchev–Trinajstić information content (AvgIpc) is 3.49. The van der Waals surface area contributed by atoms with E-state index in [9.17, 15) is 4.79 Å². The number of methoxy groups -OCH3 is 1. The van der Waals surface area contributed by atoms with Gasteiger partial charge >= 0.3 is 0 Å². The summed E-state index contributed by atoms with van der Waals surface area (Å²) in [6.07, 6.45) is 2.79. The molecule has 1 atom stereocenters. The van der Waals surface area contributed by atoms with E-state index in [1.165, 1.54) is 0 Å². The van der Waals surface area contributed by atoms with Crippen LogP contribution in [-0.2, 0) is 29.4 Å². The SMILES string of the molecule is COc1ccccc1-c1cccc(C[C@@]2(C(=O)NCCc3nc4ccccc4n3C)CCCO2)c1. The van der Waals surface area contributed by atoms with Crippen molar-refractivity contribution in [2.75, 3.05) is 20.3 Å². The van der Waals surface area contributed by atoms with Crippen LogP contribution in [0.4, 0.5) is 0 Å². The first-order chi connectivity index (χ1) is 17.1. The van der Waals surface area contributed by atoms with E-state index >= 15 is 0 Å². The molecule has 1 fully saturated rings. The van der Waals surface area contributed by atoms with Gasteiger partial charge in [-0.15, -0.1) is 0 Å². The van der Waals surface area contributed by atoms with Crippen molar-refractivity contribution in [3.05, 3.63) is 84.2 Å². The largest absolute Gasteiger partial charge is 0.496 e. The number of hydrogen-bond donors (Lipinski definition) is 1. The maximum atomic E-state index is 13.4. The molecule has 180 valence electrons. The predicted molar refractivity (Wildman–Crippen MR) is 137 cm³/mol. The molecule has 0 bridgehead atoms. The van der Waals surface area contributed by atoms with Crippen molar-refractivity contribution in [1.29, 1.82) is 0 Å². The van der Waals surface area contributed by atoms with Crippen LogP contribution < -0.4 is 10.1 Å². The highest BCUT2D eigenvalue weighted by Gasteiger charge is 2.42. The minimum Gasteiger partial charge on any atom is -0.496 e. The summed E-state index contributed by atoms with van der Waals surface area (Å²) < 4.78 is 13.7. The van der Waals surface area contributed by atoms with Crippen molar-refractivity contribution in [2.45, 2.75) is 31.3 Å². The topological polar surface area (TPSA) is 65.4 Å². The van der Waals surface area contributed by atoms with Crippen LogP contribution in [0, 0.1) is 0 Å². The van der Waals surface area contributed by atoms with Crippen LogP contribution in [0.2, 0.25) is 0 Å². The van der Waals surface area contributed by atoms with Crippen molar-refractivity contribution < 1.29 is 14.3 Å². The fourth-order valence-corrected chi connectivity index (χ4v) is 5.03. The number of fused-ring (bicyclic) bond motifs is 1. The quantitative estimate of drug-likeness (QED) is 0.406. The van der Waals surface area contributed by atoms with E-state index in [0.29, 0.717) is 32.4 Å². The number of imidazole rings is 1. The smallest absolute Gasteiger partial charge is 0.252 e. The van der Waals surface area contributed by atoms with E-state index in [1.54, 1.807) is 7.11 Å². The summed E-state index contributed by atoms with van der Waals surface area (Å²) in [6, 6.07) is 24.4. The molecule has 1 N–H and O–H groups in total. The molecular formula is C29H31N3O3. The minimum absolute atomic E-state index is 0.0449. The van der Waals surface area contributed by atoms with E-state index in [-0.39, 0.29) is 5.91 Å². The van der Waals surface area contributed by atoms with Gasteiger partial charge in [0, 0.05) is 38.6 Å². The van der Waals surface area contributed by atoms with Gasteiger partial charge in [-0.05, 0) is 42.2 Å². The summed E-state index contributed by atoms with van der Waals surface area (Å²) in [5.41, 5.74) is 4.40.